The minimum Gasteiger partial charge on any atom is -0.465 e. The van der Waals surface area contributed by atoms with Crippen LogP contribution in [0.4, 0.5) is 4.79 Å². The van der Waals surface area contributed by atoms with Gasteiger partial charge in [-0.05, 0) is 23.2 Å². The second kappa shape index (κ2) is 7.56. The third kappa shape index (κ3) is 3.96. The topological polar surface area (TPSA) is 98.5 Å². The van der Waals surface area contributed by atoms with Crippen molar-refractivity contribution in [3.63, 3.8) is 0 Å². The molecule has 0 saturated carbocycles. The van der Waals surface area contributed by atoms with E-state index in [-0.39, 0.29) is 32.2 Å². The number of hydrogen-bond donors (Lipinski definition) is 1. The summed E-state index contributed by atoms with van der Waals surface area (Å²) in [5.41, 5.74) is 9.30. The first kappa shape index (κ1) is 16.7. The molecule has 22 heavy (non-hydrogen) atoms. The number of hydrogen-bond acceptors (Lipinski definition) is 3. The van der Waals surface area contributed by atoms with Crippen LogP contribution in [0, 0.1) is 0 Å². The van der Waals surface area contributed by atoms with Crippen LogP contribution in [0.3, 0.4) is 0 Å². The highest BCUT2D eigenvalue weighted by molar-refractivity contribution is 6.42. The molecule has 0 spiro atoms. The van der Waals surface area contributed by atoms with Gasteiger partial charge in [-0.1, -0.05) is 34.4 Å². The molecule has 2 atom stereocenters. The minimum absolute atomic E-state index is 0.120. The Morgan fingerprint density at radius 2 is 2.27 bits per heavy atom. The quantitative estimate of drug-likeness (QED) is 0.513. The Morgan fingerprint density at radius 1 is 1.50 bits per heavy atom. The third-order valence-electron chi connectivity index (χ3n) is 3.53. The maximum absolute atomic E-state index is 11.3. The van der Waals surface area contributed by atoms with Crippen LogP contribution in [0.15, 0.2) is 23.3 Å². The normalized spacial score (nSPS) is 21.8. The van der Waals surface area contributed by atoms with E-state index in [4.69, 9.17) is 33.5 Å². The van der Waals surface area contributed by atoms with Crippen molar-refractivity contribution in [1.29, 1.82) is 0 Å². The molecule has 118 valence electrons. The summed E-state index contributed by atoms with van der Waals surface area (Å²) in [6, 6.07) is 5.11. The largest absolute Gasteiger partial charge is 0.465 e. The van der Waals surface area contributed by atoms with Crippen molar-refractivity contribution in [2.45, 2.75) is 12.0 Å². The first-order chi connectivity index (χ1) is 10.5. The lowest BCUT2D eigenvalue weighted by Gasteiger charge is -2.26. The summed E-state index contributed by atoms with van der Waals surface area (Å²) < 4.78 is 5.68. The van der Waals surface area contributed by atoms with Crippen LogP contribution < -0.4 is 0 Å². The van der Waals surface area contributed by atoms with Gasteiger partial charge in [0.1, 0.15) is 0 Å². The van der Waals surface area contributed by atoms with Gasteiger partial charge in [0.2, 0.25) is 0 Å². The number of amides is 1. The van der Waals surface area contributed by atoms with Crippen LogP contribution in [0.2, 0.25) is 10.0 Å². The predicted octanol–water partition coefficient (Wildman–Crippen LogP) is 3.77. The zero-order valence-electron chi connectivity index (χ0n) is 11.5. The lowest BCUT2D eigenvalue weighted by molar-refractivity contribution is 0.0572. The highest BCUT2D eigenvalue weighted by atomic mass is 35.5. The molecule has 0 bridgehead atoms. The number of ether oxygens (including phenoxy) is 1. The fourth-order valence-electron chi connectivity index (χ4n) is 2.41. The number of benzene rings is 1. The summed E-state index contributed by atoms with van der Waals surface area (Å²) in [6.45, 7) is 0.865. The minimum atomic E-state index is -1.02. The van der Waals surface area contributed by atoms with E-state index in [0.717, 1.165) is 5.56 Å². The van der Waals surface area contributed by atoms with Gasteiger partial charge >= 0.3 is 6.09 Å². The highest BCUT2D eigenvalue weighted by Crippen LogP contribution is 2.31. The van der Waals surface area contributed by atoms with Crippen molar-refractivity contribution in [3.05, 3.63) is 44.3 Å². The smallest absolute Gasteiger partial charge is 0.407 e. The van der Waals surface area contributed by atoms with Crippen molar-refractivity contribution >= 4 is 29.3 Å². The average molecular weight is 345 g/mol. The van der Waals surface area contributed by atoms with Crippen LogP contribution in [-0.2, 0) is 4.74 Å². The van der Waals surface area contributed by atoms with Crippen LogP contribution in [-0.4, -0.2) is 48.4 Å². The van der Waals surface area contributed by atoms with Crippen molar-refractivity contribution in [1.82, 2.24) is 4.90 Å². The molecule has 1 aliphatic heterocycles. The first-order valence-electron chi connectivity index (χ1n) is 6.58. The summed E-state index contributed by atoms with van der Waals surface area (Å²) >= 11 is 12.0. The Bertz CT molecular complexity index is 607. The average Bonchev–Trinajstić information content (AvgIpc) is 2.70. The Morgan fingerprint density at radius 3 is 2.91 bits per heavy atom. The Kier molecular flexibility index (Phi) is 5.74. The van der Waals surface area contributed by atoms with Gasteiger partial charge in [0.05, 0.1) is 29.3 Å². The lowest BCUT2D eigenvalue weighted by atomic mass is 9.93. The van der Waals surface area contributed by atoms with E-state index in [0.29, 0.717) is 10.0 Å². The summed E-state index contributed by atoms with van der Waals surface area (Å²) in [7, 11) is 0. The van der Waals surface area contributed by atoms with E-state index in [2.05, 4.69) is 10.0 Å². The molecule has 1 aliphatic rings. The summed E-state index contributed by atoms with van der Waals surface area (Å²) in [4.78, 5) is 15.3. The van der Waals surface area contributed by atoms with Crippen molar-refractivity contribution < 1.29 is 14.6 Å². The van der Waals surface area contributed by atoms with Gasteiger partial charge in [-0.3, -0.25) is 0 Å². The van der Waals surface area contributed by atoms with Crippen LogP contribution in [0.1, 0.15) is 11.5 Å². The third-order valence-corrected chi connectivity index (χ3v) is 4.27. The number of carbonyl (C=O) groups is 1. The molecular formula is C13H14Cl2N4O3. The number of azide groups is 1. The first-order valence-corrected chi connectivity index (χ1v) is 7.33. The van der Waals surface area contributed by atoms with Crippen molar-refractivity contribution in [2.75, 3.05) is 26.2 Å². The van der Waals surface area contributed by atoms with Gasteiger partial charge in [0.25, 0.3) is 0 Å². The molecule has 0 aromatic heterocycles. The molecule has 1 N–H and O–H groups in total. The van der Waals surface area contributed by atoms with Gasteiger partial charge in [-0.2, -0.15) is 0 Å². The molecule has 9 heteroatoms. The van der Waals surface area contributed by atoms with E-state index >= 15 is 0 Å². The Hall–Kier alpha value is -1.66. The van der Waals surface area contributed by atoms with Crippen LogP contribution in [0.25, 0.3) is 10.4 Å². The number of nitrogens with zero attached hydrogens (tertiary/aromatic N) is 4. The molecule has 1 aromatic carbocycles. The molecule has 2 rings (SSSR count). The van der Waals surface area contributed by atoms with Gasteiger partial charge in [-0.15, -0.1) is 0 Å². The molecule has 1 saturated heterocycles. The monoisotopic (exact) mass is 344 g/mol. The zero-order chi connectivity index (χ0) is 16.1. The molecule has 1 aromatic rings. The Balaban J connectivity index is 2.34. The zero-order valence-corrected chi connectivity index (χ0v) is 13.0. The van der Waals surface area contributed by atoms with E-state index < -0.39 is 12.2 Å². The molecule has 1 amide bonds. The molecule has 1 fully saturated rings. The van der Waals surface area contributed by atoms with Crippen molar-refractivity contribution in [3.8, 4) is 0 Å². The van der Waals surface area contributed by atoms with E-state index in [1.807, 2.05) is 0 Å². The standard InChI is InChI=1S/C13H14Cl2N4O3/c14-10-2-1-8(5-11(10)15)9-7-19(13(20)21)3-4-22-12(9)6-17-18-16/h1-2,5,9,12H,3-4,6-7H2,(H,20,21)/t9-,12+/m0/s1. The molecule has 7 nitrogen and oxygen atoms in total. The van der Waals surface area contributed by atoms with Crippen molar-refractivity contribution in [2.24, 2.45) is 5.11 Å². The SMILES string of the molecule is [N-]=[N+]=NC[C@H]1OCCN(C(=O)O)C[C@H]1c1ccc(Cl)c(Cl)c1. The van der Waals surface area contributed by atoms with Crippen LogP contribution >= 0.6 is 23.2 Å². The molecule has 0 unspecified atom stereocenters. The number of rotatable bonds is 3. The second-order valence-corrected chi connectivity index (χ2v) is 5.65. The fraction of sp³-hybridized carbons (Fsp3) is 0.462. The summed E-state index contributed by atoms with van der Waals surface area (Å²) in [5, 5.41) is 13.6. The predicted molar refractivity (Wildman–Crippen MR) is 82.6 cm³/mol. The fourth-order valence-corrected chi connectivity index (χ4v) is 2.72. The van der Waals surface area contributed by atoms with Gasteiger partial charge in [0.15, 0.2) is 0 Å². The van der Waals surface area contributed by atoms with Gasteiger partial charge in [0, 0.05) is 23.9 Å². The van der Waals surface area contributed by atoms with Gasteiger partial charge in [-0.25, -0.2) is 4.79 Å². The van der Waals surface area contributed by atoms with E-state index in [9.17, 15) is 9.90 Å². The second-order valence-electron chi connectivity index (χ2n) is 4.83. The van der Waals surface area contributed by atoms with E-state index in [1.165, 1.54) is 4.90 Å². The van der Waals surface area contributed by atoms with Crippen LogP contribution in [0.5, 0.6) is 0 Å². The number of carboxylic acid groups (broad SMARTS) is 1. The van der Waals surface area contributed by atoms with E-state index in [1.54, 1.807) is 18.2 Å². The molecule has 1 heterocycles. The Labute approximate surface area is 137 Å². The lowest BCUT2D eigenvalue weighted by Crippen LogP contribution is -2.35. The maximum Gasteiger partial charge on any atom is 0.407 e. The van der Waals surface area contributed by atoms with Gasteiger partial charge < -0.3 is 14.7 Å². The summed E-state index contributed by atoms with van der Waals surface area (Å²) in [6.07, 6.45) is -1.43. The highest BCUT2D eigenvalue weighted by Gasteiger charge is 2.31. The molecular weight excluding hydrogens is 331 g/mol. The summed E-state index contributed by atoms with van der Waals surface area (Å²) in [5.74, 6) is -0.293. The molecule has 0 aliphatic carbocycles. The molecule has 0 radical (unpaired) electrons. The maximum atomic E-state index is 11.3. The number of halogens is 2.